The molecule has 0 bridgehead atoms. The predicted octanol–water partition coefficient (Wildman–Crippen LogP) is 4.95. The molecule has 2 atom stereocenters. The number of aliphatic carboxylic acids is 1. The Labute approximate surface area is 135 Å². The van der Waals surface area contributed by atoms with Crippen molar-refractivity contribution < 1.29 is 19.4 Å². The fraction of sp³-hybridized carbons (Fsp3) is 0.889. The number of hydrogen-bond acceptors (Lipinski definition) is 3. The van der Waals surface area contributed by atoms with Crippen molar-refractivity contribution in [3.8, 4) is 0 Å². The Hall–Kier alpha value is -1.06. The van der Waals surface area contributed by atoms with Crippen LogP contribution in [0.4, 0.5) is 0 Å². The molecule has 0 radical (unpaired) electrons. The van der Waals surface area contributed by atoms with E-state index in [-0.39, 0.29) is 5.97 Å². The molecule has 0 aliphatic rings. The molecule has 0 aliphatic heterocycles. The normalized spacial score (nSPS) is 13.6. The first kappa shape index (κ1) is 20.9. The lowest BCUT2D eigenvalue weighted by atomic mass is 10.0. The molecule has 0 spiro atoms. The SMILES string of the molecule is CCCCCCCCCCCC(=O)O[C@H](CC)C(C)C(=O)O. The van der Waals surface area contributed by atoms with E-state index in [2.05, 4.69) is 6.92 Å². The van der Waals surface area contributed by atoms with Crippen molar-refractivity contribution in [2.45, 2.75) is 97.5 Å². The number of carbonyl (C=O) groups excluding carboxylic acids is 1. The first-order chi connectivity index (χ1) is 10.5. The van der Waals surface area contributed by atoms with E-state index in [9.17, 15) is 9.59 Å². The third-order valence-electron chi connectivity index (χ3n) is 4.12. The number of rotatable bonds is 14. The molecule has 1 unspecified atom stereocenters. The molecule has 0 aromatic rings. The van der Waals surface area contributed by atoms with E-state index < -0.39 is 18.0 Å². The standard InChI is InChI=1S/C18H34O4/c1-4-6-7-8-9-10-11-12-13-14-17(19)22-16(5-2)15(3)18(20)21/h15-16H,4-14H2,1-3H3,(H,20,21)/t15?,16-/m1/s1. The number of esters is 1. The van der Waals surface area contributed by atoms with E-state index in [1.165, 1.54) is 44.9 Å². The summed E-state index contributed by atoms with van der Waals surface area (Å²) in [6.45, 7) is 5.65. The van der Waals surface area contributed by atoms with Crippen LogP contribution >= 0.6 is 0 Å². The van der Waals surface area contributed by atoms with Crippen molar-refractivity contribution >= 4 is 11.9 Å². The molecular formula is C18H34O4. The smallest absolute Gasteiger partial charge is 0.309 e. The van der Waals surface area contributed by atoms with E-state index in [1.807, 2.05) is 6.92 Å². The summed E-state index contributed by atoms with van der Waals surface area (Å²) in [5.41, 5.74) is 0. The number of hydrogen-bond donors (Lipinski definition) is 1. The highest BCUT2D eigenvalue weighted by Crippen LogP contribution is 2.15. The van der Waals surface area contributed by atoms with Gasteiger partial charge in [-0.25, -0.2) is 0 Å². The molecule has 130 valence electrons. The number of unbranched alkanes of at least 4 members (excludes halogenated alkanes) is 8. The molecule has 0 fully saturated rings. The molecule has 0 aromatic carbocycles. The van der Waals surface area contributed by atoms with Crippen LogP contribution in [-0.2, 0) is 14.3 Å². The van der Waals surface area contributed by atoms with Gasteiger partial charge in [0.2, 0.25) is 0 Å². The number of carboxylic acids is 1. The van der Waals surface area contributed by atoms with Crippen molar-refractivity contribution in [2.24, 2.45) is 5.92 Å². The van der Waals surface area contributed by atoms with Gasteiger partial charge < -0.3 is 9.84 Å². The molecule has 0 heterocycles. The van der Waals surface area contributed by atoms with Gasteiger partial charge in [-0.1, -0.05) is 65.2 Å². The van der Waals surface area contributed by atoms with Crippen molar-refractivity contribution in [3.05, 3.63) is 0 Å². The van der Waals surface area contributed by atoms with Gasteiger partial charge in [0.1, 0.15) is 6.10 Å². The van der Waals surface area contributed by atoms with Gasteiger partial charge in [-0.05, 0) is 19.8 Å². The van der Waals surface area contributed by atoms with E-state index in [4.69, 9.17) is 9.84 Å². The Morgan fingerprint density at radius 3 is 1.86 bits per heavy atom. The highest BCUT2D eigenvalue weighted by molar-refractivity contribution is 5.72. The minimum absolute atomic E-state index is 0.261. The summed E-state index contributed by atoms with van der Waals surface area (Å²) in [5, 5.41) is 8.96. The summed E-state index contributed by atoms with van der Waals surface area (Å²) >= 11 is 0. The maximum absolute atomic E-state index is 11.7. The maximum atomic E-state index is 11.7. The Morgan fingerprint density at radius 2 is 1.41 bits per heavy atom. The fourth-order valence-electron chi connectivity index (χ4n) is 2.51. The minimum Gasteiger partial charge on any atom is -0.481 e. The molecule has 0 amide bonds. The second-order valence-electron chi connectivity index (χ2n) is 6.14. The summed E-state index contributed by atoms with van der Waals surface area (Å²) in [7, 11) is 0. The third kappa shape index (κ3) is 10.6. The van der Waals surface area contributed by atoms with Crippen molar-refractivity contribution in [2.75, 3.05) is 0 Å². The van der Waals surface area contributed by atoms with Gasteiger partial charge in [-0.2, -0.15) is 0 Å². The molecule has 0 aromatic heterocycles. The second kappa shape index (κ2) is 13.6. The largest absolute Gasteiger partial charge is 0.481 e. The highest BCUT2D eigenvalue weighted by Gasteiger charge is 2.25. The van der Waals surface area contributed by atoms with Gasteiger partial charge in [0, 0.05) is 6.42 Å². The summed E-state index contributed by atoms with van der Waals surface area (Å²) < 4.78 is 5.27. The molecule has 1 N–H and O–H groups in total. The van der Waals surface area contributed by atoms with E-state index in [1.54, 1.807) is 6.92 Å². The zero-order valence-electron chi connectivity index (χ0n) is 14.6. The Kier molecular flexibility index (Phi) is 12.9. The molecule has 4 nitrogen and oxygen atoms in total. The number of carbonyl (C=O) groups is 2. The Bertz CT molecular complexity index is 301. The van der Waals surface area contributed by atoms with Gasteiger partial charge in [0.25, 0.3) is 0 Å². The lowest BCUT2D eigenvalue weighted by molar-refractivity contribution is -0.158. The number of carboxylic acid groups (broad SMARTS) is 1. The zero-order chi connectivity index (χ0) is 16.8. The van der Waals surface area contributed by atoms with E-state index >= 15 is 0 Å². The van der Waals surface area contributed by atoms with Gasteiger partial charge in [0.15, 0.2) is 0 Å². The van der Waals surface area contributed by atoms with E-state index in [0.29, 0.717) is 12.8 Å². The molecule has 22 heavy (non-hydrogen) atoms. The van der Waals surface area contributed by atoms with Crippen LogP contribution in [0.25, 0.3) is 0 Å². The Balaban J connectivity index is 3.62. The van der Waals surface area contributed by atoms with Crippen molar-refractivity contribution in [1.29, 1.82) is 0 Å². The van der Waals surface area contributed by atoms with Crippen LogP contribution < -0.4 is 0 Å². The van der Waals surface area contributed by atoms with E-state index in [0.717, 1.165) is 12.8 Å². The van der Waals surface area contributed by atoms with Crippen LogP contribution in [0, 0.1) is 5.92 Å². The quantitative estimate of drug-likeness (QED) is 0.364. The topological polar surface area (TPSA) is 63.6 Å². The van der Waals surface area contributed by atoms with Crippen molar-refractivity contribution in [1.82, 2.24) is 0 Å². The van der Waals surface area contributed by atoms with Crippen molar-refractivity contribution in [3.63, 3.8) is 0 Å². The fourth-order valence-corrected chi connectivity index (χ4v) is 2.51. The van der Waals surface area contributed by atoms with Crippen LogP contribution in [0.2, 0.25) is 0 Å². The monoisotopic (exact) mass is 314 g/mol. The maximum Gasteiger partial charge on any atom is 0.309 e. The second-order valence-corrected chi connectivity index (χ2v) is 6.14. The van der Waals surface area contributed by atoms with Gasteiger partial charge in [-0.15, -0.1) is 0 Å². The van der Waals surface area contributed by atoms with Crippen LogP contribution in [-0.4, -0.2) is 23.1 Å². The average molecular weight is 314 g/mol. The molecule has 0 saturated heterocycles. The molecule has 0 rings (SSSR count). The van der Waals surface area contributed by atoms with Crippen LogP contribution in [0.1, 0.15) is 91.4 Å². The Morgan fingerprint density at radius 1 is 0.909 bits per heavy atom. The van der Waals surface area contributed by atoms with Gasteiger partial charge >= 0.3 is 11.9 Å². The van der Waals surface area contributed by atoms with Gasteiger partial charge in [0.05, 0.1) is 5.92 Å². The summed E-state index contributed by atoms with van der Waals surface area (Å²) in [6, 6.07) is 0. The predicted molar refractivity (Wildman–Crippen MR) is 88.8 cm³/mol. The molecule has 4 heteroatoms. The van der Waals surface area contributed by atoms with Crippen LogP contribution in [0.3, 0.4) is 0 Å². The molecule has 0 aliphatic carbocycles. The highest BCUT2D eigenvalue weighted by atomic mass is 16.5. The average Bonchev–Trinajstić information content (AvgIpc) is 2.50. The zero-order valence-corrected chi connectivity index (χ0v) is 14.6. The van der Waals surface area contributed by atoms with Crippen LogP contribution in [0.15, 0.2) is 0 Å². The minimum atomic E-state index is -0.914. The van der Waals surface area contributed by atoms with Gasteiger partial charge in [-0.3, -0.25) is 9.59 Å². The molecular weight excluding hydrogens is 280 g/mol. The number of ether oxygens (including phenoxy) is 1. The summed E-state index contributed by atoms with van der Waals surface area (Å²) in [6.07, 6.45) is 11.3. The summed E-state index contributed by atoms with van der Waals surface area (Å²) in [4.78, 5) is 22.6. The molecule has 0 saturated carbocycles. The first-order valence-electron chi connectivity index (χ1n) is 8.95. The first-order valence-corrected chi connectivity index (χ1v) is 8.95. The lowest BCUT2D eigenvalue weighted by Gasteiger charge is -2.19. The summed E-state index contributed by atoms with van der Waals surface area (Å²) in [5.74, 6) is -1.82. The third-order valence-corrected chi connectivity index (χ3v) is 4.12. The lowest BCUT2D eigenvalue weighted by Crippen LogP contribution is -2.29. The van der Waals surface area contributed by atoms with Crippen LogP contribution in [0.5, 0.6) is 0 Å².